The number of likely N-dealkylation sites (tertiary alicyclic amines) is 1. The zero-order chi connectivity index (χ0) is 24.5. The van der Waals surface area contributed by atoms with E-state index in [4.69, 9.17) is 32.4 Å². The Morgan fingerprint density at radius 1 is 1.14 bits per heavy atom. The van der Waals surface area contributed by atoms with Crippen LogP contribution in [0.1, 0.15) is 22.3 Å². The molecule has 180 valence electrons. The third kappa shape index (κ3) is 4.82. The molecule has 5 rings (SSSR count). The maximum absolute atomic E-state index is 13.6. The molecule has 2 aliphatic heterocycles. The van der Waals surface area contributed by atoms with Crippen molar-refractivity contribution in [2.75, 3.05) is 13.2 Å². The zero-order valence-electron chi connectivity index (χ0n) is 18.4. The van der Waals surface area contributed by atoms with Crippen molar-refractivity contribution in [1.82, 2.24) is 15.2 Å². The smallest absolute Gasteiger partial charge is 0.251 e. The second-order valence-electron chi connectivity index (χ2n) is 8.50. The molecule has 0 aliphatic carbocycles. The first-order valence-corrected chi connectivity index (χ1v) is 11.8. The number of amides is 2. The van der Waals surface area contributed by atoms with Gasteiger partial charge < -0.3 is 19.4 Å². The van der Waals surface area contributed by atoms with Crippen LogP contribution < -0.4 is 5.32 Å². The third-order valence-electron chi connectivity index (χ3n) is 6.29. The summed E-state index contributed by atoms with van der Waals surface area (Å²) in [6, 6.07) is 10.3. The van der Waals surface area contributed by atoms with Gasteiger partial charge in [-0.05, 0) is 36.2 Å². The minimum absolute atomic E-state index is 0.000465. The van der Waals surface area contributed by atoms with Crippen molar-refractivity contribution < 1.29 is 23.5 Å². The van der Waals surface area contributed by atoms with Crippen LogP contribution in [-0.4, -0.2) is 58.8 Å². The number of halogens is 2. The van der Waals surface area contributed by atoms with Gasteiger partial charge in [0.1, 0.15) is 18.7 Å². The second-order valence-corrected chi connectivity index (χ2v) is 9.32. The predicted molar refractivity (Wildman–Crippen MR) is 128 cm³/mol. The Bertz CT molecular complexity index is 1260. The van der Waals surface area contributed by atoms with Crippen molar-refractivity contribution >= 4 is 40.8 Å². The number of benzene rings is 2. The van der Waals surface area contributed by atoms with Gasteiger partial charge in [0, 0.05) is 24.1 Å². The molecule has 0 radical (unpaired) electrons. The lowest BCUT2D eigenvalue weighted by atomic mass is 10.0. The molecule has 0 saturated carbocycles. The molecule has 35 heavy (non-hydrogen) atoms. The monoisotopic (exact) mass is 513 g/mol. The molecule has 2 amide bonds. The van der Waals surface area contributed by atoms with Crippen molar-refractivity contribution in [3.05, 3.63) is 76.2 Å². The van der Waals surface area contributed by atoms with E-state index in [9.17, 15) is 14.4 Å². The number of Topliss-reactive ketones (excluding diaryl/α,β-unsaturated/α-hetero) is 1. The van der Waals surface area contributed by atoms with E-state index >= 15 is 0 Å². The molecular formula is C25H21Cl2N3O5. The molecule has 8 nitrogen and oxygen atoms in total. The van der Waals surface area contributed by atoms with Crippen LogP contribution in [0.25, 0.3) is 11.3 Å². The first kappa shape index (κ1) is 23.5. The first-order chi connectivity index (χ1) is 16.9. The normalized spacial score (nSPS) is 20.1. The summed E-state index contributed by atoms with van der Waals surface area (Å²) in [5, 5.41) is 3.59. The average molecular weight is 514 g/mol. The molecule has 3 heterocycles. The fraction of sp³-hybridized carbons (Fsp3) is 0.280. The molecule has 1 N–H and O–H groups in total. The van der Waals surface area contributed by atoms with Gasteiger partial charge in [0.15, 0.2) is 17.9 Å². The molecule has 1 aromatic heterocycles. The molecule has 3 atom stereocenters. The quantitative estimate of drug-likeness (QED) is 0.540. The maximum atomic E-state index is 13.6. The van der Waals surface area contributed by atoms with Crippen LogP contribution in [0, 0.1) is 0 Å². The summed E-state index contributed by atoms with van der Waals surface area (Å²) in [6.45, 7) is 0.389. The highest BCUT2D eigenvalue weighted by Crippen LogP contribution is 2.29. The molecular weight excluding hydrogens is 493 g/mol. The van der Waals surface area contributed by atoms with Crippen LogP contribution in [0.5, 0.6) is 0 Å². The number of oxazole rings is 1. The molecule has 0 bridgehead atoms. The largest absolute Gasteiger partial charge is 0.444 e. The Morgan fingerprint density at radius 2 is 1.94 bits per heavy atom. The molecule has 2 aromatic carbocycles. The van der Waals surface area contributed by atoms with Gasteiger partial charge in [-0.1, -0.05) is 41.4 Å². The predicted octanol–water partition coefficient (Wildman–Crippen LogP) is 3.56. The summed E-state index contributed by atoms with van der Waals surface area (Å²) in [5.74, 6) is -0.300. The molecule has 10 heteroatoms. The first-order valence-electron chi connectivity index (χ1n) is 11.1. The lowest BCUT2D eigenvalue weighted by molar-refractivity contribution is -0.138. The van der Waals surface area contributed by atoms with Crippen molar-refractivity contribution in [3.8, 4) is 11.3 Å². The summed E-state index contributed by atoms with van der Waals surface area (Å²) < 4.78 is 10.8. The average Bonchev–Trinajstić information content (AvgIpc) is 3.61. The molecule has 2 fully saturated rings. The standard InChI is InChI=1S/C25H21Cl2N3O5/c26-17-6-1-14(9-18(17)27)10-19(25(33)30-8-7-21-23(30)20(31)12-34-21)29-24(32)16-4-2-15(3-5-16)22-11-28-13-35-22/h1-6,9,11,13,19,21,23H,7-8,10,12H2,(H,29,32). The van der Waals surface area contributed by atoms with Gasteiger partial charge in [-0.15, -0.1) is 0 Å². The summed E-state index contributed by atoms with van der Waals surface area (Å²) in [4.78, 5) is 44.5. The van der Waals surface area contributed by atoms with E-state index in [1.807, 2.05) is 0 Å². The fourth-order valence-electron chi connectivity index (χ4n) is 4.53. The number of nitrogens with zero attached hydrogens (tertiary/aromatic N) is 2. The minimum Gasteiger partial charge on any atom is -0.444 e. The number of ether oxygens (including phenoxy) is 1. The number of aromatic nitrogens is 1. The van der Waals surface area contributed by atoms with E-state index in [1.165, 1.54) is 11.3 Å². The van der Waals surface area contributed by atoms with E-state index in [0.29, 0.717) is 34.3 Å². The van der Waals surface area contributed by atoms with Gasteiger partial charge in [0.05, 0.1) is 22.3 Å². The Balaban J connectivity index is 1.38. The molecule has 0 spiro atoms. The fourth-order valence-corrected chi connectivity index (χ4v) is 4.85. The second kappa shape index (κ2) is 9.81. The lowest BCUT2D eigenvalue weighted by Crippen LogP contribution is -2.53. The summed E-state index contributed by atoms with van der Waals surface area (Å²) in [5.41, 5.74) is 1.87. The molecule has 2 aliphatic rings. The Kier molecular flexibility index (Phi) is 6.60. The van der Waals surface area contributed by atoms with Crippen molar-refractivity contribution in [2.24, 2.45) is 0 Å². The van der Waals surface area contributed by atoms with E-state index in [1.54, 1.807) is 48.7 Å². The van der Waals surface area contributed by atoms with Crippen molar-refractivity contribution in [3.63, 3.8) is 0 Å². The van der Waals surface area contributed by atoms with Gasteiger partial charge in [-0.2, -0.15) is 0 Å². The highest BCUT2D eigenvalue weighted by Gasteiger charge is 2.48. The summed E-state index contributed by atoms with van der Waals surface area (Å²) in [6.07, 6.45) is 3.38. The van der Waals surface area contributed by atoms with Crippen LogP contribution in [0.3, 0.4) is 0 Å². The third-order valence-corrected chi connectivity index (χ3v) is 7.03. The highest BCUT2D eigenvalue weighted by atomic mass is 35.5. The Morgan fingerprint density at radius 3 is 2.66 bits per heavy atom. The summed E-state index contributed by atoms with van der Waals surface area (Å²) >= 11 is 12.2. The van der Waals surface area contributed by atoms with Crippen LogP contribution in [0.4, 0.5) is 0 Å². The molecule has 3 aromatic rings. The van der Waals surface area contributed by atoms with Crippen molar-refractivity contribution in [2.45, 2.75) is 31.0 Å². The van der Waals surface area contributed by atoms with Crippen LogP contribution in [0.15, 0.2) is 59.5 Å². The number of ketones is 1. The number of nitrogens with one attached hydrogen (secondary N) is 1. The number of carbonyl (C=O) groups is 3. The van der Waals surface area contributed by atoms with E-state index in [2.05, 4.69) is 10.3 Å². The van der Waals surface area contributed by atoms with E-state index in [-0.39, 0.29) is 30.8 Å². The van der Waals surface area contributed by atoms with E-state index in [0.717, 1.165) is 11.1 Å². The van der Waals surface area contributed by atoms with Gasteiger partial charge >= 0.3 is 0 Å². The molecule has 3 unspecified atom stereocenters. The van der Waals surface area contributed by atoms with Crippen LogP contribution in [0.2, 0.25) is 10.0 Å². The summed E-state index contributed by atoms with van der Waals surface area (Å²) in [7, 11) is 0. The number of fused-ring (bicyclic) bond motifs is 1. The van der Waals surface area contributed by atoms with Gasteiger partial charge in [-0.25, -0.2) is 4.98 Å². The van der Waals surface area contributed by atoms with Crippen LogP contribution >= 0.6 is 23.2 Å². The van der Waals surface area contributed by atoms with Gasteiger partial charge in [0.2, 0.25) is 5.91 Å². The number of hydrogen-bond donors (Lipinski definition) is 1. The number of hydrogen-bond acceptors (Lipinski definition) is 6. The topological polar surface area (TPSA) is 102 Å². The maximum Gasteiger partial charge on any atom is 0.251 e. The van der Waals surface area contributed by atoms with E-state index < -0.39 is 18.0 Å². The lowest BCUT2D eigenvalue weighted by Gasteiger charge is -2.27. The van der Waals surface area contributed by atoms with Crippen molar-refractivity contribution in [1.29, 1.82) is 0 Å². The minimum atomic E-state index is -0.916. The van der Waals surface area contributed by atoms with Gasteiger partial charge in [0.25, 0.3) is 5.91 Å². The SMILES string of the molecule is O=C(NC(Cc1ccc(Cl)c(Cl)c1)C(=O)N1CCC2OCC(=O)C21)c1ccc(-c2cnco2)cc1. The molecule has 2 saturated heterocycles. The highest BCUT2D eigenvalue weighted by molar-refractivity contribution is 6.42. The van der Waals surface area contributed by atoms with Crippen LogP contribution in [-0.2, 0) is 20.7 Å². The Labute approximate surface area is 211 Å². The van der Waals surface area contributed by atoms with Gasteiger partial charge in [-0.3, -0.25) is 14.4 Å². The zero-order valence-corrected chi connectivity index (χ0v) is 20.0. The Hall–Kier alpha value is -3.20. The number of rotatable bonds is 6. The number of carbonyl (C=O) groups excluding carboxylic acids is 3.